The summed E-state index contributed by atoms with van der Waals surface area (Å²) in [5.41, 5.74) is -1.05. The van der Waals surface area contributed by atoms with Crippen molar-refractivity contribution in [3.63, 3.8) is 0 Å². The van der Waals surface area contributed by atoms with Crippen LogP contribution in [0.2, 0.25) is 5.02 Å². The minimum Gasteiger partial charge on any atom is -0.310 e. The van der Waals surface area contributed by atoms with E-state index in [1.54, 1.807) is 6.07 Å². The lowest BCUT2D eigenvalue weighted by Crippen LogP contribution is -2.57. The summed E-state index contributed by atoms with van der Waals surface area (Å²) in [6.45, 7) is 0.551. The Bertz CT molecular complexity index is 330. The molecule has 14 heavy (non-hydrogen) atoms. The SMILES string of the molecule is Fc1cccc(Cl)c1CC1(F)CNC1. The van der Waals surface area contributed by atoms with Gasteiger partial charge in [0.2, 0.25) is 0 Å². The highest BCUT2D eigenvalue weighted by molar-refractivity contribution is 6.31. The smallest absolute Gasteiger partial charge is 0.139 e. The summed E-state index contributed by atoms with van der Waals surface area (Å²) in [6, 6.07) is 4.40. The van der Waals surface area contributed by atoms with Crippen LogP contribution in [0.25, 0.3) is 0 Å². The quantitative estimate of drug-likeness (QED) is 0.802. The average molecular weight is 218 g/mol. The van der Waals surface area contributed by atoms with Gasteiger partial charge in [0.05, 0.1) is 0 Å². The van der Waals surface area contributed by atoms with Crippen molar-refractivity contribution in [1.82, 2.24) is 5.32 Å². The Morgan fingerprint density at radius 3 is 2.64 bits per heavy atom. The second kappa shape index (κ2) is 3.48. The predicted molar refractivity (Wildman–Crippen MR) is 51.8 cm³/mol. The van der Waals surface area contributed by atoms with E-state index in [1.807, 2.05) is 0 Å². The van der Waals surface area contributed by atoms with E-state index in [2.05, 4.69) is 5.32 Å². The molecule has 2 rings (SSSR count). The van der Waals surface area contributed by atoms with Crippen LogP contribution in [0.1, 0.15) is 5.56 Å². The maximum atomic E-state index is 13.7. The van der Waals surface area contributed by atoms with Crippen LogP contribution < -0.4 is 5.32 Å². The molecule has 0 unspecified atom stereocenters. The van der Waals surface area contributed by atoms with Crippen molar-refractivity contribution in [2.24, 2.45) is 0 Å². The highest BCUT2D eigenvalue weighted by Crippen LogP contribution is 2.28. The summed E-state index contributed by atoms with van der Waals surface area (Å²) in [7, 11) is 0. The predicted octanol–water partition coefficient (Wildman–Crippen LogP) is 2.33. The van der Waals surface area contributed by atoms with Gasteiger partial charge in [-0.1, -0.05) is 17.7 Å². The third-order valence-corrected chi connectivity index (χ3v) is 2.79. The average Bonchev–Trinajstić information content (AvgIpc) is 2.09. The molecule has 0 atom stereocenters. The van der Waals surface area contributed by atoms with Crippen LogP contribution in [0.5, 0.6) is 0 Å². The summed E-state index contributed by atoms with van der Waals surface area (Å²) in [4.78, 5) is 0. The summed E-state index contributed by atoms with van der Waals surface area (Å²) in [5.74, 6) is -0.429. The van der Waals surface area contributed by atoms with Gasteiger partial charge in [-0.3, -0.25) is 0 Å². The van der Waals surface area contributed by atoms with E-state index in [-0.39, 0.29) is 25.1 Å². The van der Waals surface area contributed by atoms with Gasteiger partial charge >= 0.3 is 0 Å². The molecule has 1 nitrogen and oxygen atoms in total. The fourth-order valence-corrected chi connectivity index (χ4v) is 1.77. The third kappa shape index (κ3) is 1.74. The lowest BCUT2D eigenvalue weighted by molar-refractivity contribution is 0.0901. The first kappa shape index (κ1) is 9.87. The molecule has 76 valence electrons. The Morgan fingerprint density at radius 1 is 1.43 bits per heavy atom. The van der Waals surface area contributed by atoms with Gasteiger partial charge in [-0.05, 0) is 12.1 Å². The largest absolute Gasteiger partial charge is 0.310 e. The van der Waals surface area contributed by atoms with Crippen molar-refractivity contribution in [2.45, 2.75) is 12.1 Å². The molecule has 0 spiro atoms. The summed E-state index contributed by atoms with van der Waals surface area (Å²) < 4.78 is 26.9. The molecular weight excluding hydrogens is 208 g/mol. The maximum absolute atomic E-state index is 13.7. The minimum absolute atomic E-state index is 0.0471. The number of benzene rings is 1. The lowest BCUT2D eigenvalue weighted by atomic mass is 9.91. The molecule has 0 aliphatic carbocycles. The van der Waals surface area contributed by atoms with Gasteiger partial charge < -0.3 is 5.32 Å². The van der Waals surface area contributed by atoms with E-state index < -0.39 is 11.5 Å². The van der Waals surface area contributed by atoms with Crippen molar-refractivity contribution >= 4 is 11.6 Å². The zero-order valence-corrected chi connectivity index (χ0v) is 8.24. The Hall–Kier alpha value is -0.670. The first-order valence-electron chi connectivity index (χ1n) is 4.43. The molecule has 1 fully saturated rings. The number of nitrogens with one attached hydrogen (secondary N) is 1. The second-order valence-corrected chi connectivity index (χ2v) is 4.04. The van der Waals surface area contributed by atoms with E-state index in [1.165, 1.54) is 12.1 Å². The van der Waals surface area contributed by atoms with Gasteiger partial charge in [0.15, 0.2) is 0 Å². The van der Waals surface area contributed by atoms with E-state index in [0.29, 0.717) is 5.02 Å². The molecular formula is C10H10ClF2N. The standard InChI is InChI=1S/C10H10ClF2N/c11-8-2-1-3-9(12)7(8)4-10(13)5-14-6-10/h1-3,14H,4-6H2. The molecule has 1 aromatic carbocycles. The van der Waals surface area contributed by atoms with Crippen molar-refractivity contribution in [3.8, 4) is 0 Å². The van der Waals surface area contributed by atoms with Crippen molar-refractivity contribution in [2.75, 3.05) is 13.1 Å². The molecule has 1 N–H and O–H groups in total. The first-order valence-corrected chi connectivity index (χ1v) is 4.81. The molecule has 1 aromatic rings. The van der Waals surface area contributed by atoms with Crippen LogP contribution in [-0.2, 0) is 6.42 Å². The summed E-state index contributed by atoms with van der Waals surface area (Å²) in [5, 5.41) is 3.12. The normalized spacial score (nSPS) is 19.1. The highest BCUT2D eigenvalue weighted by atomic mass is 35.5. The zero-order valence-electron chi connectivity index (χ0n) is 7.49. The number of rotatable bonds is 2. The molecule has 0 amide bonds. The Kier molecular flexibility index (Phi) is 2.45. The Labute approximate surface area is 86.1 Å². The summed E-state index contributed by atoms with van der Waals surface area (Å²) >= 11 is 5.79. The van der Waals surface area contributed by atoms with E-state index >= 15 is 0 Å². The maximum Gasteiger partial charge on any atom is 0.139 e. The lowest BCUT2D eigenvalue weighted by Gasteiger charge is -2.35. The van der Waals surface area contributed by atoms with Crippen molar-refractivity contribution < 1.29 is 8.78 Å². The number of halogens is 3. The van der Waals surface area contributed by atoms with Gasteiger partial charge in [-0.25, -0.2) is 8.78 Å². The van der Waals surface area contributed by atoms with Gasteiger partial charge in [-0.15, -0.1) is 0 Å². The van der Waals surface area contributed by atoms with Crippen LogP contribution in [0, 0.1) is 5.82 Å². The van der Waals surface area contributed by atoms with Crippen LogP contribution in [0.4, 0.5) is 8.78 Å². The monoisotopic (exact) mass is 217 g/mol. The number of hydrogen-bond donors (Lipinski definition) is 1. The molecule has 1 heterocycles. The zero-order chi connectivity index (χ0) is 10.2. The van der Waals surface area contributed by atoms with Gasteiger partial charge in [0.1, 0.15) is 11.5 Å². The van der Waals surface area contributed by atoms with Gasteiger partial charge in [-0.2, -0.15) is 0 Å². The molecule has 0 saturated carbocycles. The Morgan fingerprint density at radius 2 is 2.14 bits per heavy atom. The number of hydrogen-bond acceptors (Lipinski definition) is 1. The minimum atomic E-state index is -1.33. The molecule has 1 saturated heterocycles. The van der Waals surface area contributed by atoms with E-state index in [9.17, 15) is 8.78 Å². The molecule has 0 aromatic heterocycles. The van der Waals surface area contributed by atoms with Crippen LogP contribution in [-0.4, -0.2) is 18.8 Å². The van der Waals surface area contributed by atoms with Gasteiger partial charge in [0, 0.05) is 30.1 Å². The second-order valence-electron chi connectivity index (χ2n) is 3.63. The van der Waals surface area contributed by atoms with Crippen LogP contribution in [0.3, 0.4) is 0 Å². The topological polar surface area (TPSA) is 12.0 Å². The third-order valence-electron chi connectivity index (χ3n) is 2.44. The highest BCUT2D eigenvalue weighted by Gasteiger charge is 2.38. The molecule has 1 aliphatic rings. The summed E-state index contributed by atoms with van der Waals surface area (Å²) in [6.07, 6.45) is 0.0471. The molecule has 0 radical (unpaired) electrons. The fourth-order valence-electron chi connectivity index (χ4n) is 1.54. The molecule has 1 aliphatic heterocycles. The number of alkyl halides is 1. The molecule has 0 bridgehead atoms. The Balaban J connectivity index is 2.23. The molecule has 4 heteroatoms. The van der Waals surface area contributed by atoms with E-state index in [4.69, 9.17) is 11.6 Å². The van der Waals surface area contributed by atoms with Crippen molar-refractivity contribution in [3.05, 3.63) is 34.6 Å². The van der Waals surface area contributed by atoms with E-state index in [0.717, 1.165) is 0 Å². The van der Waals surface area contributed by atoms with Crippen molar-refractivity contribution in [1.29, 1.82) is 0 Å². The van der Waals surface area contributed by atoms with Crippen LogP contribution >= 0.6 is 11.6 Å². The van der Waals surface area contributed by atoms with Crippen LogP contribution in [0.15, 0.2) is 18.2 Å². The fraction of sp³-hybridized carbons (Fsp3) is 0.400. The van der Waals surface area contributed by atoms with Gasteiger partial charge in [0.25, 0.3) is 0 Å². The first-order chi connectivity index (χ1) is 6.61.